The molecule has 0 bridgehead atoms. The summed E-state index contributed by atoms with van der Waals surface area (Å²) >= 11 is 4.15. The molecule has 0 atom stereocenters. The third-order valence-corrected chi connectivity index (χ3v) is 1.23. The Balaban J connectivity index is 3.36. The summed E-state index contributed by atoms with van der Waals surface area (Å²) in [6.07, 6.45) is 0. The molecule has 0 heterocycles. The van der Waals surface area contributed by atoms with Gasteiger partial charge in [-0.05, 0) is 12.2 Å². The molecule has 62 valence electrons. The Morgan fingerprint density at radius 3 is 2.50 bits per heavy atom. The van der Waals surface area contributed by atoms with Crippen molar-refractivity contribution in [1.29, 1.82) is 0 Å². The quantitative estimate of drug-likeness (QED) is 0.376. The van der Waals surface area contributed by atoms with Gasteiger partial charge in [0.25, 0.3) is 0 Å². The van der Waals surface area contributed by atoms with Gasteiger partial charge in [0.05, 0.1) is 5.16 Å². The first-order valence-corrected chi connectivity index (χ1v) is 3.28. The molecule has 1 nitrogen and oxygen atoms in total. The van der Waals surface area contributed by atoms with E-state index >= 15 is 0 Å². The van der Waals surface area contributed by atoms with Crippen LogP contribution >= 0.6 is 12.2 Å². The highest BCUT2D eigenvalue weighted by Crippen LogP contribution is 2.21. The smallest absolute Gasteiger partial charge is 0.185 e. The number of aliphatic imine (C=N–C) groups is 1. The zero-order valence-electron chi connectivity index (χ0n) is 5.64. The van der Waals surface area contributed by atoms with Gasteiger partial charge >= 0.3 is 0 Å². The summed E-state index contributed by atoms with van der Waals surface area (Å²) < 4.78 is 37.5. The molecule has 0 fully saturated rings. The van der Waals surface area contributed by atoms with E-state index in [1.807, 2.05) is 5.16 Å². The Labute approximate surface area is 71.5 Å². The van der Waals surface area contributed by atoms with Gasteiger partial charge in [0.2, 0.25) is 0 Å². The van der Waals surface area contributed by atoms with Crippen LogP contribution in [0.15, 0.2) is 17.1 Å². The lowest BCUT2D eigenvalue weighted by molar-refractivity contribution is 0.497. The molecule has 5 heteroatoms. The van der Waals surface area contributed by atoms with E-state index in [2.05, 4.69) is 17.2 Å². The van der Waals surface area contributed by atoms with E-state index < -0.39 is 23.1 Å². The molecule has 0 aliphatic heterocycles. The van der Waals surface area contributed by atoms with Crippen molar-refractivity contribution in [2.45, 2.75) is 0 Å². The average Bonchev–Trinajstić information content (AvgIpc) is 2.00. The fraction of sp³-hybridized carbons (Fsp3) is 0. The van der Waals surface area contributed by atoms with E-state index in [0.29, 0.717) is 6.07 Å². The molecular weight excluding hydrogens is 187 g/mol. The number of isothiocyanates is 1. The topological polar surface area (TPSA) is 12.4 Å². The molecule has 0 saturated carbocycles. The number of thiocarbonyl (C=S) groups is 1. The maximum absolute atomic E-state index is 12.6. The first-order chi connectivity index (χ1) is 5.65. The van der Waals surface area contributed by atoms with Crippen LogP contribution in [-0.4, -0.2) is 5.16 Å². The predicted molar refractivity (Wildman–Crippen MR) is 41.0 cm³/mol. The Morgan fingerprint density at radius 1 is 1.25 bits per heavy atom. The van der Waals surface area contributed by atoms with Crippen molar-refractivity contribution in [3.63, 3.8) is 0 Å². The summed E-state index contributed by atoms with van der Waals surface area (Å²) in [4.78, 5) is 3.14. The normalized spacial score (nSPS) is 9.25. The number of hydrogen-bond donors (Lipinski definition) is 0. The van der Waals surface area contributed by atoms with Crippen LogP contribution in [0.3, 0.4) is 0 Å². The molecule has 0 unspecified atom stereocenters. The molecule has 0 spiro atoms. The average molecular weight is 189 g/mol. The Hall–Kier alpha value is -1.19. The summed E-state index contributed by atoms with van der Waals surface area (Å²) in [6, 6.07) is 1.16. The van der Waals surface area contributed by atoms with Crippen LogP contribution in [0.2, 0.25) is 0 Å². The number of benzene rings is 1. The van der Waals surface area contributed by atoms with E-state index in [1.165, 1.54) is 0 Å². The molecule has 0 aliphatic carbocycles. The fourth-order valence-corrected chi connectivity index (χ4v) is 0.771. The zero-order valence-corrected chi connectivity index (χ0v) is 6.46. The van der Waals surface area contributed by atoms with Gasteiger partial charge in [-0.15, -0.1) is 0 Å². The van der Waals surface area contributed by atoms with Gasteiger partial charge in [0, 0.05) is 12.1 Å². The Kier molecular flexibility index (Phi) is 2.58. The summed E-state index contributed by atoms with van der Waals surface area (Å²) in [6.45, 7) is 0. The van der Waals surface area contributed by atoms with Crippen molar-refractivity contribution in [3.8, 4) is 0 Å². The Morgan fingerprint density at radius 2 is 1.92 bits per heavy atom. The summed E-state index contributed by atoms with van der Waals surface area (Å²) in [7, 11) is 0. The van der Waals surface area contributed by atoms with Crippen LogP contribution in [0.1, 0.15) is 0 Å². The van der Waals surface area contributed by atoms with Gasteiger partial charge in [-0.3, -0.25) is 0 Å². The van der Waals surface area contributed by atoms with Crippen LogP contribution in [-0.2, 0) is 0 Å². The van der Waals surface area contributed by atoms with E-state index in [0.717, 1.165) is 6.07 Å². The van der Waals surface area contributed by atoms with Gasteiger partial charge in [0.1, 0.15) is 11.5 Å². The second-order valence-electron chi connectivity index (χ2n) is 1.92. The van der Waals surface area contributed by atoms with Crippen molar-refractivity contribution < 1.29 is 13.2 Å². The molecule has 1 aromatic carbocycles. The standard InChI is InChI=1S/C7H2F3NS/c8-4-1-5(9)7(10)6(2-4)11-3-12/h1-2H. The van der Waals surface area contributed by atoms with Crippen LogP contribution in [0.4, 0.5) is 18.9 Å². The lowest BCUT2D eigenvalue weighted by Gasteiger charge is -1.95. The van der Waals surface area contributed by atoms with Crippen LogP contribution in [0, 0.1) is 17.5 Å². The van der Waals surface area contributed by atoms with Crippen molar-refractivity contribution in [2.24, 2.45) is 4.99 Å². The minimum absolute atomic E-state index is 0.428. The first kappa shape index (κ1) is 8.90. The number of halogens is 3. The fourth-order valence-electron chi connectivity index (χ4n) is 0.673. The third-order valence-electron chi connectivity index (χ3n) is 1.14. The molecule has 0 radical (unpaired) electrons. The highest BCUT2D eigenvalue weighted by molar-refractivity contribution is 7.78. The number of nitrogens with zero attached hydrogens (tertiary/aromatic N) is 1. The van der Waals surface area contributed by atoms with Crippen molar-refractivity contribution in [1.82, 2.24) is 0 Å². The largest absolute Gasteiger partial charge is 0.207 e. The molecule has 0 N–H and O–H groups in total. The first-order valence-electron chi connectivity index (χ1n) is 2.87. The molecular formula is C7H2F3NS. The zero-order chi connectivity index (χ0) is 9.14. The molecule has 0 saturated heterocycles. The van der Waals surface area contributed by atoms with Gasteiger partial charge in [-0.25, -0.2) is 13.2 Å². The summed E-state index contributed by atoms with van der Waals surface area (Å²) in [5.41, 5.74) is -0.484. The second-order valence-corrected chi connectivity index (χ2v) is 2.11. The van der Waals surface area contributed by atoms with Crippen molar-refractivity contribution in [3.05, 3.63) is 29.6 Å². The Bertz CT molecular complexity index is 358. The third kappa shape index (κ3) is 1.69. The molecule has 0 amide bonds. The van der Waals surface area contributed by atoms with E-state index in [-0.39, 0.29) is 0 Å². The summed E-state index contributed by atoms with van der Waals surface area (Å²) in [5, 5.41) is 1.81. The molecule has 12 heavy (non-hydrogen) atoms. The number of rotatable bonds is 1. The lowest BCUT2D eigenvalue weighted by Crippen LogP contribution is -1.86. The molecule has 0 aromatic heterocycles. The minimum atomic E-state index is -1.29. The van der Waals surface area contributed by atoms with Gasteiger partial charge < -0.3 is 0 Å². The monoisotopic (exact) mass is 189 g/mol. The van der Waals surface area contributed by atoms with Crippen molar-refractivity contribution >= 4 is 23.1 Å². The van der Waals surface area contributed by atoms with Crippen LogP contribution in [0.5, 0.6) is 0 Å². The van der Waals surface area contributed by atoms with Gasteiger partial charge in [-0.2, -0.15) is 4.99 Å². The predicted octanol–water partition coefficient (Wildman–Crippen LogP) is 2.84. The molecule has 1 rings (SSSR count). The lowest BCUT2D eigenvalue weighted by atomic mass is 10.3. The second kappa shape index (κ2) is 3.47. The molecule has 1 aromatic rings. The van der Waals surface area contributed by atoms with Crippen LogP contribution in [0.25, 0.3) is 0 Å². The van der Waals surface area contributed by atoms with Crippen molar-refractivity contribution in [2.75, 3.05) is 0 Å². The highest BCUT2D eigenvalue weighted by atomic mass is 32.1. The molecule has 0 aliphatic rings. The summed E-state index contributed by atoms with van der Waals surface area (Å²) in [5.74, 6) is -3.43. The van der Waals surface area contributed by atoms with Gasteiger partial charge in [-0.1, -0.05) is 0 Å². The van der Waals surface area contributed by atoms with E-state index in [4.69, 9.17) is 0 Å². The van der Waals surface area contributed by atoms with E-state index in [9.17, 15) is 13.2 Å². The maximum Gasteiger partial charge on any atom is 0.185 e. The highest BCUT2D eigenvalue weighted by Gasteiger charge is 2.09. The minimum Gasteiger partial charge on any atom is -0.207 e. The number of hydrogen-bond acceptors (Lipinski definition) is 2. The van der Waals surface area contributed by atoms with E-state index in [1.54, 1.807) is 0 Å². The SMILES string of the molecule is Fc1cc(F)c(F)c(N=C=S)c1. The van der Waals surface area contributed by atoms with Crippen LogP contribution < -0.4 is 0 Å². The maximum atomic E-state index is 12.6. The van der Waals surface area contributed by atoms with Gasteiger partial charge in [0.15, 0.2) is 11.6 Å².